The predicted molar refractivity (Wildman–Crippen MR) is 63.7 cm³/mol. The molecule has 74 valence electrons. The third-order valence-corrected chi connectivity index (χ3v) is 3.24. The lowest BCUT2D eigenvalue weighted by Gasteiger charge is -2.00. The van der Waals surface area contributed by atoms with Crippen LogP contribution in [0.5, 0.6) is 0 Å². The monoisotopic (exact) mass is 214 g/mol. The van der Waals surface area contributed by atoms with Crippen molar-refractivity contribution in [1.29, 1.82) is 0 Å². The number of fused-ring (bicyclic) bond motifs is 1. The lowest BCUT2D eigenvalue weighted by molar-refractivity contribution is 1.09. The fraction of sp³-hybridized carbons (Fsp3) is 0.0833. The molecule has 2 aromatic heterocycles. The molecular weight excluding hydrogens is 204 g/mol. The minimum atomic E-state index is 1.02. The number of hydrogen-bond donors (Lipinski definition) is 0. The Labute approximate surface area is 91.8 Å². The molecule has 1 aromatic carbocycles. The molecule has 3 aromatic rings. The van der Waals surface area contributed by atoms with E-state index in [0.717, 1.165) is 5.13 Å². The Morgan fingerprint density at radius 1 is 1.27 bits per heavy atom. The van der Waals surface area contributed by atoms with Gasteiger partial charge in [-0.25, -0.2) is 4.98 Å². The van der Waals surface area contributed by atoms with Gasteiger partial charge in [0.2, 0.25) is 0 Å². The third kappa shape index (κ3) is 1.36. The molecule has 0 aliphatic carbocycles. The van der Waals surface area contributed by atoms with E-state index in [1.54, 1.807) is 11.3 Å². The van der Waals surface area contributed by atoms with E-state index < -0.39 is 0 Å². The smallest absolute Gasteiger partial charge is 0.193 e. The maximum Gasteiger partial charge on any atom is 0.193 e. The first kappa shape index (κ1) is 8.68. The van der Waals surface area contributed by atoms with Crippen molar-refractivity contribution in [1.82, 2.24) is 9.55 Å². The highest BCUT2D eigenvalue weighted by Crippen LogP contribution is 2.22. The van der Waals surface area contributed by atoms with Gasteiger partial charge in [0.25, 0.3) is 0 Å². The molecule has 0 saturated heterocycles. The normalized spacial score (nSPS) is 11.0. The first-order valence-electron chi connectivity index (χ1n) is 4.82. The van der Waals surface area contributed by atoms with Crippen LogP contribution in [0.25, 0.3) is 16.0 Å². The number of nitrogens with zero attached hydrogens (tertiary/aromatic N) is 2. The molecule has 0 N–H and O–H groups in total. The number of aryl methyl sites for hydroxylation is 1. The quantitative estimate of drug-likeness (QED) is 0.607. The van der Waals surface area contributed by atoms with Gasteiger partial charge in [-0.1, -0.05) is 11.6 Å². The Balaban J connectivity index is 2.29. The lowest BCUT2D eigenvalue weighted by atomic mass is 10.2. The van der Waals surface area contributed by atoms with Crippen LogP contribution < -0.4 is 0 Å². The summed E-state index contributed by atoms with van der Waals surface area (Å²) in [5, 5.41) is 4.29. The maximum atomic E-state index is 4.31. The molecule has 0 fully saturated rings. The Morgan fingerprint density at radius 2 is 2.20 bits per heavy atom. The van der Waals surface area contributed by atoms with Crippen molar-refractivity contribution >= 4 is 22.2 Å². The highest BCUT2D eigenvalue weighted by molar-refractivity contribution is 7.12. The van der Waals surface area contributed by atoms with E-state index >= 15 is 0 Å². The molecule has 0 unspecified atom stereocenters. The van der Waals surface area contributed by atoms with Gasteiger partial charge < -0.3 is 0 Å². The summed E-state index contributed by atoms with van der Waals surface area (Å²) in [6.45, 7) is 2.11. The summed E-state index contributed by atoms with van der Waals surface area (Å²) in [5.41, 5.74) is 2.51. The summed E-state index contributed by atoms with van der Waals surface area (Å²) in [7, 11) is 0. The second kappa shape index (κ2) is 3.21. The highest BCUT2D eigenvalue weighted by Gasteiger charge is 2.04. The van der Waals surface area contributed by atoms with Crippen molar-refractivity contribution in [3.63, 3.8) is 0 Å². The van der Waals surface area contributed by atoms with Gasteiger partial charge in [-0.3, -0.25) is 4.57 Å². The summed E-state index contributed by atoms with van der Waals surface area (Å²) in [6, 6.07) is 8.60. The summed E-state index contributed by atoms with van der Waals surface area (Å²) in [5.74, 6) is 0. The van der Waals surface area contributed by atoms with E-state index in [9.17, 15) is 0 Å². The van der Waals surface area contributed by atoms with Crippen molar-refractivity contribution in [3.8, 4) is 5.13 Å². The zero-order chi connectivity index (χ0) is 10.3. The van der Waals surface area contributed by atoms with Gasteiger partial charge in [-0.2, -0.15) is 0 Å². The SMILES string of the molecule is Cc1ccc2c(ccn2-c2nccs2)c1. The fourth-order valence-electron chi connectivity index (χ4n) is 1.76. The molecule has 0 amide bonds. The topological polar surface area (TPSA) is 17.8 Å². The van der Waals surface area contributed by atoms with E-state index in [2.05, 4.69) is 46.9 Å². The van der Waals surface area contributed by atoms with Gasteiger partial charge in [-0.15, -0.1) is 11.3 Å². The van der Waals surface area contributed by atoms with Crippen molar-refractivity contribution in [2.24, 2.45) is 0 Å². The van der Waals surface area contributed by atoms with Crippen LogP contribution in [0, 0.1) is 6.92 Å². The van der Waals surface area contributed by atoms with Crippen molar-refractivity contribution in [3.05, 3.63) is 47.6 Å². The van der Waals surface area contributed by atoms with E-state index in [1.807, 2.05) is 11.6 Å². The van der Waals surface area contributed by atoms with E-state index in [1.165, 1.54) is 16.5 Å². The van der Waals surface area contributed by atoms with Crippen LogP contribution in [-0.2, 0) is 0 Å². The average molecular weight is 214 g/mol. The lowest BCUT2D eigenvalue weighted by Crippen LogP contribution is -1.89. The van der Waals surface area contributed by atoms with Crippen molar-refractivity contribution in [2.75, 3.05) is 0 Å². The van der Waals surface area contributed by atoms with Gasteiger partial charge in [0.1, 0.15) is 0 Å². The number of benzene rings is 1. The standard InChI is InChI=1S/C12H10N2S/c1-9-2-3-11-10(8-9)4-6-14(11)12-13-5-7-15-12/h2-8H,1H3. The van der Waals surface area contributed by atoms with Gasteiger partial charge >= 0.3 is 0 Å². The Morgan fingerprint density at radius 3 is 3.00 bits per heavy atom. The van der Waals surface area contributed by atoms with Crippen LogP contribution in [0.3, 0.4) is 0 Å². The largest absolute Gasteiger partial charge is 0.293 e. The summed E-state index contributed by atoms with van der Waals surface area (Å²) in [6.07, 6.45) is 3.91. The molecule has 0 radical (unpaired) electrons. The molecule has 0 aliphatic rings. The molecule has 0 aliphatic heterocycles. The Kier molecular flexibility index (Phi) is 1.86. The van der Waals surface area contributed by atoms with E-state index in [0.29, 0.717) is 0 Å². The number of rotatable bonds is 1. The summed E-state index contributed by atoms with van der Waals surface area (Å²) in [4.78, 5) is 4.31. The summed E-state index contributed by atoms with van der Waals surface area (Å²) < 4.78 is 2.12. The second-order valence-corrected chi connectivity index (χ2v) is 4.44. The molecule has 3 rings (SSSR count). The van der Waals surface area contributed by atoms with Crippen molar-refractivity contribution in [2.45, 2.75) is 6.92 Å². The summed E-state index contributed by atoms with van der Waals surface area (Å²) >= 11 is 1.65. The molecule has 0 atom stereocenters. The second-order valence-electron chi connectivity index (χ2n) is 3.56. The van der Waals surface area contributed by atoms with Crippen LogP contribution in [0.2, 0.25) is 0 Å². The molecule has 2 nitrogen and oxygen atoms in total. The first-order valence-corrected chi connectivity index (χ1v) is 5.70. The minimum absolute atomic E-state index is 1.02. The highest BCUT2D eigenvalue weighted by atomic mass is 32.1. The molecule has 0 bridgehead atoms. The predicted octanol–water partition coefficient (Wildman–Crippen LogP) is 3.40. The molecule has 2 heterocycles. The third-order valence-electron chi connectivity index (χ3n) is 2.47. The molecule has 3 heteroatoms. The van der Waals surface area contributed by atoms with Crippen LogP contribution in [0.4, 0.5) is 0 Å². The Hall–Kier alpha value is -1.61. The number of hydrogen-bond acceptors (Lipinski definition) is 2. The zero-order valence-corrected chi connectivity index (χ0v) is 9.16. The van der Waals surface area contributed by atoms with Gasteiger partial charge in [0, 0.05) is 23.2 Å². The number of thiazole rings is 1. The van der Waals surface area contributed by atoms with Crippen LogP contribution in [-0.4, -0.2) is 9.55 Å². The van der Waals surface area contributed by atoms with E-state index in [4.69, 9.17) is 0 Å². The first-order chi connectivity index (χ1) is 7.34. The Bertz CT molecular complexity index is 593. The van der Waals surface area contributed by atoms with Crippen LogP contribution in [0.15, 0.2) is 42.0 Å². The molecule has 15 heavy (non-hydrogen) atoms. The van der Waals surface area contributed by atoms with Gasteiger partial charge in [0.05, 0.1) is 5.52 Å². The molecular formula is C12H10N2S. The molecule has 0 spiro atoms. The van der Waals surface area contributed by atoms with Crippen LogP contribution >= 0.6 is 11.3 Å². The average Bonchev–Trinajstić information content (AvgIpc) is 2.82. The number of aromatic nitrogens is 2. The van der Waals surface area contributed by atoms with E-state index in [-0.39, 0.29) is 0 Å². The van der Waals surface area contributed by atoms with Crippen LogP contribution in [0.1, 0.15) is 5.56 Å². The zero-order valence-electron chi connectivity index (χ0n) is 8.34. The van der Waals surface area contributed by atoms with Gasteiger partial charge in [-0.05, 0) is 25.1 Å². The molecule has 0 saturated carbocycles. The fourth-order valence-corrected chi connectivity index (χ4v) is 2.40. The van der Waals surface area contributed by atoms with Crippen molar-refractivity contribution < 1.29 is 0 Å². The minimum Gasteiger partial charge on any atom is -0.293 e. The van der Waals surface area contributed by atoms with Gasteiger partial charge in [0.15, 0.2) is 5.13 Å². The maximum absolute atomic E-state index is 4.31.